The van der Waals surface area contributed by atoms with Crippen LogP contribution < -0.4 is 0 Å². The second kappa shape index (κ2) is 7.93. The van der Waals surface area contributed by atoms with Gasteiger partial charge in [-0.2, -0.15) is 13.2 Å². The summed E-state index contributed by atoms with van der Waals surface area (Å²) in [7, 11) is 0. The molecule has 1 nitrogen and oxygen atoms in total. The molecule has 0 aliphatic carbocycles. The SMILES string of the molecule is CCCCC(CCC)C[C@@H](O)CC(F)(F)F. The Morgan fingerprint density at radius 1 is 1.06 bits per heavy atom. The molecular formula is C12H23F3O. The average molecular weight is 240 g/mol. The van der Waals surface area contributed by atoms with Crippen LogP contribution in [-0.2, 0) is 0 Å². The van der Waals surface area contributed by atoms with E-state index in [2.05, 4.69) is 6.92 Å². The highest BCUT2D eigenvalue weighted by molar-refractivity contribution is 4.68. The van der Waals surface area contributed by atoms with E-state index in [-0.39, 0.29) is 12.3 Å². The van der Waals surface area contributed by atoms with E-state index in [0.717, 1.165) is 32.1 Å². The van der Waals surface area contributed by atoms with Gasteiger partial charge in [-0.1, -0.05) is 46.0 Å². The molecule has 0 aliphatic rings. The first-order chi connectivity index (χ1) is 7.39. The molecule has 0 amide bonds. The normalized spacial score (nSPS) is 16.1. The maximum absolute atomic E-state index is 12.0. The van der Waals surface area contributed by atoms with Gasteiger partial charge in [0.15, 0.2) is 0 Å². The van der Waals surface area contributed by atoms with Crippen molar-refractivity contribution >= 4 is 0 Å². The molecule has 98 valence electrons. The molecule has 0 spiro atoms. The Bertz CT molecular complexity index is 168. The summed E-state index contributed by atoms with van der Waals surface area (Å²) in [5.41, 5.74) is 0. The van der Waals surface area contributed by atoms with Gasteiger partial charge in [0, 0.05) is 0 Å². The van der Waals surface area contributed by atoms with Gasteiger partial charge >= 0.3 is 6.18 Å². The van der Waals surface area contributed by atoms with Gasteiger partial charge in [-0.25, -0.2) is 0 Å². The van der Waals surface area contributed by atoms with Gasteiger partial charge < -0.3 is 5.11 Å². The first-order valence-corrected chi connectivity index (χ1v) is 6.13. The molecule has 2 atom stereocenters. The molecule has 0 saturated heterocycles. The minimum Gasteiger partial charge on any atom is -0.393 e. The summed E-state index contributed by atoms with van der Waals surface area (Å²) in [5.74, 6) is 0.238. The van der Waals surface area contributed by atoms with Crippen LogP contribution in [0.4, 0.5) is 13.2 Å². The Kier molecular flexibility index (Phi) is 7.81. The van der Waals surface area contributed by atoms with Crippen molar-refractivity contribution in [3.63, 3.8) is 0 Å². The molecule has 1 N–H and O–H groups in total. The molecule has 0 saturated carbocycles. The fourth-order valence-corrected chi connectivity index (χ4v) is 2.02. The van der Waals surface area contributed by atoms with Crippen molar-refractivity contribution < 1.29 is 18.3 Å². The number of aliphatic hydroxyl groups is 1. The minimum atomic E-state index is -4.25. The van der Waals surface area contributed by atoms with E-state index >= 15 is 0 Å². The average Bonchev–Trinajstić information content (AvgIpc) is 2.11. The van der Waals surface area contributed by atoms with Gasteiger partial charge in [-0.3, -0.25) is 0 Å². The number of hydrogen-bond donors (Lipinski definition) is 1. The molecule has 1 unspecified atom stereocenters. The summed E-state index contributed by atoms with van der Waals surface area (Å²) in [6.45, 7) is 4.09. The standard InChI is InChI=1S/C12H23F3O/c1-3-5-7-10(6-4-2)8-11(16)9-12(13,14)15/h10-11,16H,3-9H2,1-2H3/t10?,11-/m1/s1. The van der Waals surface area contributed by atoms with Gasteiger partial charge in [0.2, 0.25) is 0 Å². The molecule has 0 radical (unpaired) electrons. The maximum Gasteiger partial charge on any atom is 0.391 e. The lowest BCUT2D eigenvalue weighted by Gasteiger charge is -2.20. The molecule has 0 fully saturated rings. The largest absolute Gasteiger partial charge is 0.393 e. The van der Waals surface area contributed by atoms with Crippen LogP contribution in [0.2, 0.25) is 0 Å². The Morgan fingerprint density at radius 2 is 1.69 bits per heavy atom. The highest BCUT2D eigenvalue weighted by Crippen LogP contribution is 2.27. The summed E-state index contributed by atoms with van der Waals surface area (Å²) < 4.78 is 36.1. The zero-order chi connectivity index (χ0) is 12.6. The van der Waals surface area contributed by atoms with E-state index < -0.39 is 18.7 Å². The van der Waals surface area contributed by atoms with Crippen LogP contribution in [0.3, 0.4) is 0 Å². The second-order valence-electron chi connectivity index (χ2n) is 4.51. The monoisotopic (exact) mass is 240 g/mol. The first kappa shape index (κ1) is 15.8. The highest BCUT2D eigenvalue weighted by Gasteiger charge is 2.31. The van der Waals surface area contributed by atoms with Crippen LogP contribution in [0.15, 0.2) is 0 Å². The molecular weight excluding hydrogens is 217 g/mol. The number of alkyl halides is 3. The number of rotatable bonds is 8. The minimum absolute atomic E-state index is 0.238. The van der Waals surface area contributed by atoms with Gasteiger partial charge in [-0.15, -0.1) is 0 Å². The number of aliphatic hydroxyl groups excluding tert-OH is 1. The summed E-state index contributed by atoms with van der Waals surface area (Å²) in [6, 6.07) is 0. The van der Waals surface area contributed by atoms with Crippen molar-refractivity contribution in [1.82, 2.24) is 0 Å². The molecule has 16 heavy (non-hydrogen) atoms. The predicted octanol–water partition coefficient (Wildman–Crippen LogP) is 4.30. The number of unbranched alkanes of at least 4 members (excludes halogenated alkanes) is 1. The van der Waals surface area contributed by atoms with E-state index in [4.69, 9.17) is 0 Å². The van der Waals surface area contributed by atoms with Crippen LogP contribution in [0, 0.1) is 5.92 Å². The van der Waals surface area contributed by atoms with Crippen molar-refractivity contribution in [3.8, 4) is 0 Å². The smallest absolute Gasteiger partial charge is 0.391 e. The summed E-state index contributed by atoms with van der Waals surface area (Å²) in [6.07, 6.45) is -1.37. The number of halogens is 3. The molecule has 0 heterocycles. The zero-order valence-corrected chi connectivity index (χ0v) is 10.2. The molecule has 0 aromatic carbocycles. The third kappa shape index (κ3) is 9.01. The van der Waals surface area contributed by atoms with Gasteiger partial charge in [0.05, 0.1) is 12.5 Å². The fourth-order valence-electron chi connectivity index (χ4n) is 2.02. The molecule has 0 aliphatic heterocycles. The van der Waals surface area contributed by atoms with Gasteiger partial charge in [0.25, 0.3) is 0 Å². The predicted molar refractivity (Wildman–Crippen MR) is 59.2 cm³/mol. The Labute approximate surface area is 96.0 Å². The Hall–Kier alpha value is -0.250. The highest BCUT2D eigenvalue weighted by atomic mass is 19.4. The van der Waals surface area contributed by atoms with E-state index in [1.54, 1.807) is 0 Å². The van der Waals surface area contributed by atoms with Gasteiger partial charge in [-0.05, 0) is 12.3 Å². The van der Waals surface area contributed by atoms with Crippen LogP contribution in [0.1, 0.15) is 58.8 Å². The topological polar surface area (TPSA) is 20.2 Å². The van der Waals surface area contributed by atoms with Crippen molar-refractivity contribution in [2.75, 3.05) is 0 Å². The fraction of sp³-hybridized carbons (Fsp3) is 1.00. The molecule has 0 aromatic rings. The molecule has 4 heteroatoms. The van der Waals surface area contributed by atoms with Crippen LogP contribution in [-0.4, -0.2) is 17.4 Å². The Morgan fingerprint density at radius 3 is 2.12 bits per heavy atom. The molecule has 0 aromatic heterocycles. The van der Waals surface area contributed by atoms with Crippen LogP contribution >= 0.6 is 0 Å². The maximum atomic E-state index is 12.0. The lowest BCUT2D eigenvalue weighted by atomic mass is 9.90. The lowest BCUT2D eigenvalue weighted by Crippen LogP contribution is -2.22. The van der Waals surface area contributed by atoms with E-state index in [0.29, 0.717) is 0 Å². The first-order valence-electron chi connectivity index (χ1n) is 6.13. The van der Waals surface area contributed by atoms with Crippen molar-refractivity contribution in [3.05, 3.63) is 0 Å². The van der Waals surface area contributed by atoms with Gasteiger partial charge in [0.1, 0.15) is 0 Å². The summed E-state index contributed by atoms with van der Waals surface area (Å²) >= 11 is 0. The van der Waals surface area contributed by atoms with E-state index in [1.165, 1.54) is 0 Å². The molecule has 0 rings (SSSR count). The third-order valence-corrected chi connectivity index (χ3v) is 2.74. The summed E-state index contributed by atoms with van der Waals surface area (Å²) in [4.78, 5) is 0. The van der Waals surface area contributed by atoms with Crippen molar-refractivity contribution in [1.29, 1.82) is 0 Å². The molecule has 0 bridgehead atoms. The summed E-state index contributed by atoms with van der Waals surface area (Å²) in [5, 5.41) is 9.36. The van der Waals surface area contributed by atoms with Crippen molar-refractivity contribution in [2.24, 2.45) is 5.92 Å². The zero-order valence-electron chi connectivity index (χ0n) is 10.2. The number of hydrogen-bond acceptors (Lipinski definition) is 1. The van der Waals surface area contributed by atoms with Crippen LogP contribution in [0.25, 0.3) is 0 Å². The van der Waals surface area contributed by atoms with Crippen LogP contribution in [0.5, 0.6) is 0 Å². The third-order valence-electron chi connectivity index (χ3n) is 2.74. The second-order valence-corrected chi connectivity index (χ2v) is 4.51. The lowest BCUT2D eigenvalue weighted by molar-refractivity contribution is -0.155. The Balaban J connectivity index is 3.96. The van der Waals surface area contributed by atoms with Crippen molar-refractivity contribution in [2.45, 2.75) is 71.1 Å². The quantitative estimate of drug-likeness (QED) is 0.670. The van der Waals surface area contributed by atoms with E-state index in [9.17, 15) is 18.3 Å². The van der Waals surface area contributed by atoms with E-state index in [1.807, 2.05) is 6.92 Å².